The van der Waals surface area contributed by atoms with Gasteiger partial charge >= 0.3 is 0 Å². The molecule has 4 rings (SSSR count). The van der Waals surface area contributed by atoms with Gasteiger partial charge in [0.1, 0.15) is 11.5 Å². The summed E-state index contributed by atoms with van der Waals surface area (Å²) in [5.74, 6) is -1.98. The van der Waals surface area contributed by atoms with Gasteiger partial charge in [0.05, 0.1) is 29.7 Å². The van der Waals surface area contributed by atoms with Crippen LogP contribution >= 0.6 is 0 Å². The number of nitrogens with zero attached hydrogens (tertiary/aromatic N) is 2. The number of morpholine rings is 1. The number of phenols is 1. The minimum Gasteiger partial charge on any atom is -0.508 e. The van der Waals surface area contributed by atoms with Crippen LogP contribution in [0.3, 0.4) is 0 Å². The van der Waals surface area contributed by atoms with Crippen molar-refractivity contribution in [2.24, 2.45) is 0 Å². The highest BCUT2D eigenvalue weighted by molar-refractivity contribution is 7.89. The normalized spacial score (nSPS) is 20.7. The molecule has 2 aliphatic heterocycles. The smallest absolute Gasteiger partial charge is 0.295 e. The van der Waals surface area contributed by atoms with Crippen molar-refractivity contribution in [2.75, 3.05) is 46.6 Å². The molecule has 0 radical (unpaired) electrons. The zero-order valence-corrected chi connectivity index (χ0v) is 20.6. The minimum absolute atomic E-state index is 0.0205. The predicted octanol–water partition coefficient (Wildman–Crippen LogP) is 1.87. The average Bonchev–Trinajstić information content (AvgIpc) is 3.14. The number of aliphatic hydroxyl groups excluding tert-OH is 1. The number of rotatable bonds is 8. The Morgan fingerprint density at radius 1 is 1.06 bits per heavy atom. The fraction of sp³-hybridized carbons (Fsp3) is 0.360. The fourth-order valence-corrected chi connectivity index (χ4v) is 5.78. The molecule has 2 saturated heterocycles. The van der Waals surface area contributed by atoms with E-state index in [0.29, 0.717) is 31.8 Å². The van der Waals surface area contributed by atoms with E-state index in [0.717, 1.165) is 0 Å². The van der Waals surface area contributed by atoms with Gasteiger partial charge in [0.2, 0.25) is 10.0 Å². The van der Waals surface area contributed by atoms with Crippen molar-refractivity contribution in [3.05, 3.63) is 65.2 Å². The molecular formula is C25H28N2O8S. The SMILES string of the molecule is COCCCN1C(=O)C(=O)/C(=C(\O)c2ccc(S(=O)(=O)N3CCOCC3)cc2)C1c1ccc(O)cc1. The Hall–Kier alpha value is -3.25. The van der Waals surface area contributed by atoms with E-state index in [9.17, 15) is 28.2 Å². The van der Waals surface area contributed by atoms with Gasteiger partial charge < -0.3 is 24.6 Å². The first-order valence-electron chi connectivity index (χ1n) is 11.5. The molecule has 1 atom stereocenters. The lowest BCUT2D eigenvalue weighted by molar-refractivity contribution is -0.140. The third-order valence-electron chi connectivity index (χ3n) is 6.23. The van der Waals surface area contributed by atoms with Crippen molar-refractivity contribution >= 4 is 27.5 Å². The van der Waals surface area contributed by atoms with Crippen LogP contribution < -0.4 is 0 Å². The van der Waals surface area contributed by atoms with Gasteiger partial charge in [-0.1, -0.05) is 12.1 Å². The van der Waals surface area contributed by atoms with Gasteiger partial charge in [-0.15, -0.1) is 0 Å². The summed E-state index contributed by atoms with van der Waals surface area (Å²) in [6.07, 6.45) is 0.478. The maximum Gasteiger partial charge on any atom is 0.295 e. The van der Waals surface area contributed by atoms with Crippen LogP contribution in [0, 0.1) is 0 Å². The van der Waals surface area contributed by atoms with Crippen LogP contribution in [-0.4, -0.2) is 86.1 Å². The number of carbonyl (C=O) groups is 2. The molecule has 1 unspecified atom stereocenters. The Bertz CT molecular complexity index is 1250. The molecule has 0 aliphatic carbocycles. The lowest BCUT2D eigenvalue weighted by Gasteiger charge is -2.26. The zero-order chi connectivity index (χ0) is 25.9. The van der Waals surface area contributed by atoms with Gasteiger partial charge in [0.15, 0.2) is 0 Å². The molecule has 2 fully saturated rings. The number of ketones is 1. The van der Waals surface area contributed by atoms with Crippen LogP contribution in [0.2, 0.25) is 0 Å². The number of phenolic OH excluding ortho intramolecular Hbond substituents is 1. The third kappa shape index (κ3) is 5.00. The van der Waals surface area contributed by atoms with Crippen LogP contribution in [0.25, 0.3) is 5.76 Å². The first-order valence-corrected chi connectivity index (χ1v) is 12.9. The number of hydrogen-bond donors (Lipinski definition) is 2. The second-order valence-electron chi connectivity index (χ2n) is 8.47. The van der Waals surface area contributed by atoms with Gasteiger partial charge in [-0.05, 0) is 48.4 Å². The van der Waals surface area contributed by atoms with Crippen LogP contribution in [0.1, 0.15) is 23.6 Å². The molecule has 36 heavy (non-hydrogen) atoms. The summed E-state index contributed by atoms with van der Waals surface area (Å²) >= 11 is 0. The highest BCUT2D eigenvalue weighted by atomic mass is 32.2. The second-order valence-corrected chi connectivity index (χ2v) is 10.4. The van der Waals surface area contributed by atoms with Gasteiger partial charge in [-0.2, -0.15) is 4.31 Å². The standard InChI is InChI=1S/C25H28N2O8S/c1-34-14-2-11-27-22(17-3-7-19(28)8-4-17)21(24(30)25(27)31)23(29)18-5-9-20(10-6-18)36(32,33)26-12-15-35-16-13-26/h3-10,22,28-29H,2,11-16H2,1H3/b23-21-. The van der Waals surface area contributed by atoms with E-state index in [1.807, 2.05) is 0 Å². The number of Topliss-reactive ketones (excluding diaryl/α,β-unsaturated/α-hetero) is 1. The quantitative estimate of drug-likeness (QED) is 0.235. The maximum absolute atomic E-state index is 13.0. The molecule has 11 heteroatoms. The Morgan fingerprint density at radius 3 is 2.31 bits per heavy atom. The molecule has 0 saturated carbocycles. The van der Waals surface area contributed by atoms with Crippen LogP contribution in [0.15, 0.2) is 59.0 Å². The molecule has 0 spiro atoms. The minimum atomic E-state index is -3.73. The molecule has 192 valence electrons. The summed E-state index contributed by atoms with van der Waals surface area (Å²) in [7, 11) is -2.20. The number of carbonyl (C=O) groups excluding carboxylic acids is 2. The molecule has 2 N–H and O–H groups in total. The van der Waals surface area contributed by atoms with Crippen molar-refractivity contribution in [2.45, 2.75) is 17.4 Å². The Labute approximate surface area is 209 Å². The van der Waals surface area contributed by atoms with E-state index >= 15 is 0 Å². The van der Waals surface area contributed by atoms with Gasteiger partial charge in [0.25, 0.3) is 11.7 Å². The largest absolute Gasteiger partial charge is 0.508 e. The number of sulfonamides is 1. The van der Waals surface area contributed by atoms with E-state index in [2.05, 4.69) is 0 Å². The number of likely N-dealkylation sites (tertiary alicyclic amines) is 1. The van der Waals surface area contributed by atoms with Crippen molar-refractivity contribution in [1.29, 1.82) is 0 Å². The molecule has 0 bridgehead atoms. The van der Waals surface area contributed by atoms with Crippen LogP contribution in [0.4, 0.5) is 0 Å². The second kappa shape index (κ2) is 10.8. The fourth-order valence-electron chi connectivity index (χ4n) is 4.37. The van der Waals surface area contributed by atoms with Crippen molar-refractivity contribution in [3.63, 3.8) is 0 Å². The van der Waals surface area contributed by atoms with Crippen molar-refractivity contribution in [3.8, 4) is 5.75 Å². The molecule has 0 aromatic heterocycles. The Kier molecular flexibility index (Phi) is 7.74. The Morgan fingerprint density at radius 2 is 1.69 bits per heavy atom. The monoisotopic (exact) mass is 516 g/mol. The third-order valence-corrected chi connectivity index (χ3v) is 8.14. The highest BCUT2D eigenvalue weighted by Crippen LogP contribution is 2.40. The lowest BCUT2D eigenvalue weighted by Crippen LogP contribution is -2.40. The van der Waals surface area contributed by atoms with Crippen molar-refractivity contribution in [1.82, 2.24) is 9.21 Å². The maximum atomic E-state index is 13.0. The number of hydrogen-bond acceptors (Lipinski definition) is 8. The number of ether oxygens (including phenoxy) is 2. The Balaban J connectivity index is 1.71. The number of benzene rings is 2. The van der Waals surface area contributed by atoms with E-state index in [-0.39, 0.29) is 41.4 Å². The molecule has 10 nitrogen and oxygen atoms in total. The average molecular weight is 517 g/mol. The van der Waals surface area contributed by atoms with E-state index in [1.165, 1.54) is 52.7 Å². The van der Waals surface area contributed by atoms with Gasteiger partial charge in [-0.3, -0.25) is 9.59 Å². The molecule has 2 aliphatic rings. The number of aliphatic hydroxyl groups is 1. The molecule has 2 aromatic rings. The number of methoxy groups -OCH3 is 1. The van der Waals surface area contributed by atoms with E-state index < -0.39 is 33.5 Å². The summed E-state index contributed by atoms with van der Waals surface area (Å²) in [4.78, 5) is 27.4. The number of amides is 1. The zero-order valence-electron chi connectivity index (χ0n) is 19.8. The predicted molar refractivity (Wildman–Crippen MR) is 130 cm³/mol. The summed E-state index contributed by atoms with van der Waals surface area (Å²) in [6.45, 7) is 1.74. The summed E-state index contributed by atoms with van der Waals surface area (Å²) in [5.41, 5.74) is 0.638. The first-order chi connectivity index (χ1) is 17.3. The van der Waals surface area contributed by atoms with Gasteiger partial charge in [-0.25, -0.2) is 8.42 Å². The van der Waals surface area contributed by atoms with Crippen LogP contribution in [-0.2, 0) is 29.1 Å². The van der Waals surface area contributed by atoms with E-state index in [1.54, 1.807) is 12.1 Å². The summed E-state index contributed by atoms with van der Waals surface area (Å²) in [6, 6.07) is 10.7. The highest BCUT2D eigenvalue weighted by Gasteiger charge is 2.45. The summed E-state index contributed by atoms with van der Waals surface area (Å²) in [5, 5.41) is 20.9. The van der Waals surface area contributed by atoms with E-state index in [4.69, 9.17) is 9.47 Å². The molecule has 2 aromatic carbocycles. The first kappa shape index (κ1) is 25.8. The van der Waals surface area contributed by atoms with Crippen LogP contribution in [0.5, 0.6) is 5.75 Å². The molecular weight excluding hydrogens is 488 g/mol. The topological polar surface area (TPSA) is 134 Å². The molecule has 1 amide bonds. The number of aromatic hydroxyl groups is 1. The summed E-state index contributed by atoms with van der Waals surface area (Å²) < 4.78 is 37.4. The van der Waals surface area contributed by atoms with Gasteiger partial charge in [0, 0.05) is 38.9 Å². The lowest BCUT2D eigenvalue weighted by atomic mass is 9.95. The molecule has 2 heterocycles. The van der Waals surface area contributed by atoms with Crippen molar-refractivity contribution < 1.29 is 37.7 Å².